The second kappa shape index (κ2) is 6.19. The van der Waals surface area contributed by atoms with Crippen LogP contribution in [-0.4, -0.2) is 15.1 Å². The van der Waals surface area contributed by atoms with Gasteiger partial charge in [0.1, 0.15) is 0 Å². The molecule has 1 heterocycles. The summed E-state index contributed by atoms with van der Waals surface area (Å²) in [5.41, 5.74) is 3.81. The summed E-state index contributed by atoms with van der Waals surface area (Å²) in [5, 5.41) is 5.43. The van der Waals surface area contributed by atoms with E-state index in [1.54, 1.807) is 0 Å². The van der Waals surface area contributed by atoms with Gasteiger partial charge in [0.2, 0.25) is 0 Å². The zero-order valence-corrected chi connectivity index (χ0v) is 12.5. The predicted molar refractivity (Wildman–Crippen MR) is 79.1 cm³/mol. The van der Waals surface area contributed by atoms with Gasteiger partial charge in [0.05, 0.1) is 5.69 Å². The van der Waals surface area contributed by atoms with E-state index in [-0.39, 0.29) is 0 Å². The molecule has 0 aliphatic heterocycles. The highest BCUT2D eigenvalue weighted by Crippen LogP contribution is 2.17. The first-order valence-corrected chi connectivity index (χ1v) is 7.40. The van der Waals surface area contributed by atoms with Crippen molar-refractivity contribution < 1.29 is 0 Å². The van der Waals surface area contributed by atoms with Gasteiger partial charge in [-0.15, -0.1) is 0 Å². The minimum atomic E-state index is 0.613. The van der Waals surface area contributed by atoms with E-state index in [1.807, 2.05) is 18.7 Å². The van der Waals surface area contributed by atoms with Crippen LogP contribution in [0, 0.1) is 12.8 Å². The van der Waals surface area contributed by atoms with Gasteiger partial charge in [0.25, 0.3) is 0 Å². The highest BCUT2D eigenvalue weighted by atomic mass is 79.9. The van der Waals surface area contributed by atoms with Gasteiger partial charge in [-0.1, -0.05) is 46.3 Å². The van der Waals surface area contributed by atoms with Crippen molar-refractivity contribution in [3.63, 3.8) is 0 Å². The van der Waals surface area contributed by atoms with Crippen LogP contribution in [0.4, 0.5) is 0 Å². The lowest BCUT2D eigenvalue weighted by Crippen LogP contribution is -2.12. The van der Waals surface area contributed by atoms with Crippen molar-refractivity contribution in [2.75, 3.05) is 5.33 Å². The predicted octanol–water partition coefficient (Wildman–Crippen LogP) is 3.52. The van der Waals surface area contributed by atoms with Crippen LogP contribution >= 0.6 is 15.9 Å². The Morgan fingerprint density at radius 1 is 1.22 bits per heavy atom. The summed E-state index contributed by atoms with van der Waals surface area (Å²) in [6, 6.07) is 12.9. The average Bonchev–Trinajstić information content (AvgIpc) is 2.68. The molecule has 0 saturated carbocycles. The lowest BCUT2D eigenvalue weighted by Gasteiger charge is -2.14. The topological polar surface area (TPSA) is 17.8 Å². The molecule has 1 aromatic carbocycles. The number of aromatic nitrogens is 2. The van der Waals surface area contributed by atoms with Gasteiger partial charge in [-0.05, 0) is 37.3 Å². The molecule has 0 N–H and O–H groups in total. The monoisotopic (exact) mass is 306 g/mol. The Balaban J connectivity index is 2.04. The molecule has 0 amide bonds. The van der Waals surface area contributed by atoms with Crippen LogP contribution in [0.25, 0.3) is 0 Å². The Labute approximate surface area is 117 Å². The van der Waals surface area contributed by atoms with Crippen molar-refractivity contribution in [2.45, 2.75) is 19.8 Å². The van der Waals surface area contributed by atoms with Gasteiger partial charge in [-0.3, -0.25) is 4.68 Å². The molecule has 0 saturated heterocycles. The maximum absolute atomic E-state index is 4.41. The van der Waals surface area contributed by atoms with Crippen LogP contribution in [0.2, 0.25) is 0 Å². The van der Waals surface area contributed by atoms with Crippen LogP contribution in [0.1, 0.15) is 17.0 Å². The maximum Gasteiger partial charge on any atom is 0.0596 e. The van der Waals surface area contributed by atoms with Gasteiger partial charge >= 0.3 is 0 Å². The number of hydrogen-bond donors (Lipinski definition) is 0. The summed E-state index contributed by atoms with van der Waals surface area (Å²) >= 11 is 3.63. The molecule has 18 heavy (non-hydrogen) atoms. The Morgan fingerprint density at radius 3 is 2.50 bits per heavy atom. The van der Waals surface area contributed by atoms with Crippen LogP contribution in [0.15, 0.2) is 36.4 Å². The highest BCUT2D eigenvalue weighted by molar-refractivity contribution is 9.09. The van der Waals surface area contributed by atoms with Crippen molar-refractivity contribution in [1.82, 2.24) is 9.78 Å². The van der Waals surface area contributed by atoms with Gasteiger partial charge in [0, 0.05) is 18.1 Å². The molecule has 0 bridgehead atoms. The van der Waals surface area contributed by atoms with E-state index in [0.29, 0.717) is 5.92 Å². The van der Waals surface area contributed by atoms with E-state index in [0.717, 1.165) is 23.9 Å². The van der Waals surface area contributed by atoms with Crippen molar-refractivity contribution in [3.05, 3.63) is 53.3 Å². The second-order valence-electron chi connectivity index (χ2n) is 4.81. The molecule has 2 aromatic rings. The minimum Gasteiger partial charge on any atom is -0.272 e. The zero-order chi connectivity index (χ0) is 13.0. The first kappa shape index (κ1) is 13.3. The molecule has 0 aliphatic carbocycles. The Morgan fingerprint density at radius 2 is 1.94 bits per heavy atom. The summed E-state index contributed by atoms with van der Waals surface area (Å²) in [6.45, 7) is 2.05. The average molecular weight is 307 g/mol. The van der Waals surface area contributed by atoms with Crippen molar-refractivity contribution >= 4 is 15.9 Å². The number of alkyl halides is 1. The lowest BCUT2D eigenvalue weighted by molar-refractivity contribution is 0.557. The third-order valence-corrected chi connectivity index (χ3v) is 4.10. The van der Waals surface area contributed by atoms with Crippen LogP contribution in [0.5, 0.6) is 0 Å². The standard InChI is InChI=1S/C15H19BrN2/c1-12-8-15(18(2)17-12)10-14(11-16)9-13-6-4-3-5-7-13/h3-8,14H,9-11H2,1-2H3. The third kappa shape index (κ3) is 3.45. The molecular formula is C15H19BrN2. The molecule has 1 atom stereocenters. The van der Waals surface area contributed by atoms with E-state index in [1.165, 1.54) is 11.3 Å². The summed E-state index contributed by atoms with van der Waals surface area (Å²) in [7, 11) is 2.02. The van der Waals surface area contributed by atoms with E-state index in [4.69, 9.17) is 0 Å². The molecule has 0 aliphatic rings. The van der Waals surface area contributed by atoms with Gasteiger partial charge in [0.15, 0.2) is 0 Å². The smallest absolute Gasteiger partial charge is 0.0596 e. The van der Waals surface area contributed by atoms with Crippen LogP contribution in [-0.2, 0) is 19.9 Å². The molecule has 2 rings (SSSR count). The van der Waals surface area contributed by atoms with Gasteiger partial charge in [-0.25, -0.2) is 0 Å². The molecule has 3 heteroatoms. The summed E-state index contributed by atoms with van der Waals surface area (Å²) < 4.78 is 2.00. The SMILES string of the molecule is Cc1cc(CC(CBr)Cc2ccccc2)n(C)n1. The van der Waals surface area contributed by atoms with Crippen LogP contribution in [0.3, 0.4) is 0 Å². The molecule has 96 valence electrons. The number of nitrogens with zero attached hydrogens (tertiary/aromatic N) is 2. The lowest BCUT2D eigenvalue weighted by atomic mass is 9.96. The fraction of sp³-hybridized carbons (Fsp3) is 0.400. The number of hydrogen-bond acceptors (Lipinski definition) is 1. The Bertz CT molecular complexity index is 490. The fourth-order valence-electron chi connectivity index (χ4n) is 2.28. The quantitative estimate of drug-likeness (QED) is 0.773. The number of benzene rings is 1. The van der Waals surface area contributed by atoms with Crippen molar-refractivity contribution in [2.24, 2.45) is 13.0 Å². The molecule has 0 fully saturated rings. The molecular weight excluding hydrogens is 288 g/mol. The molecule has 1 aromatic heterocycles. The van der Waals surface area contributed by atoms with Crippen LogP contribution < -0.4 is 0 Å². The van der Waals surface area contributed by atoms with E-state index in [2.05, 4.69) is 57.4 Å². The maximum atomic E-state index is 4.41. The highest BCUT2D eigenvalue weighted by Gasteiger charge is 2.12. The Hall–Kier alpha value is -1.09. The molecule has 2 nitrogen and oxygen atoms in total. The molecule has 0 radical (unpaired) electrons. The first-order chi connectivity index (χ1) is 8.69. The van der Waals surface area contributed by atoms with E-state index in [9.17, 15) is 0 Å². The second-order valence-corrected chi connectivity index (χ2v) is 5.46. The first-order valence-electron chi connectivity index (χ1n) is 6.28. The van der Waals surface area contributed by atoms with E-state index >= 15 is 0 Å². The fourth-order valence-corrected chi connectivity index (χ4v) is 2.74. The largest absolute Gasteiger partial charge is 0.272 e. The normalized spacial score (nSPS) is 12.6. The number of halogens is 1. The van der Waals surface area contributed by atoms with Crippen molar-refractivity contribution in [3.8, 4) is 0 Å². The Kier molecular flexibility index (Phi) is 4.59. The summed E-state index contributed by atoms with van der Waals surface area (Å²) in [6.07, 6.45) is 2.17. The summed E-state index contributed by atoms with van der Waals surface area (Å²) in [5.74, 6) is 0.613. The summed E-state index contributed by atoms with van der Waals surface area (Å²) in [4.78, 5) is 0. The zero-order valence-electron chi connectivity index (χ0n) is 10.9. The number of aryl methyl sites for hydroxylation is 2. The molecule has 1 unspecified atom stereocenters. The van der Waals surface area contributed by atoms with Crippen molar-refractivity contribution in [1.29, 1.82) is 0 Å². The van der Waals surface area contributed by atoms with Gasteiger partial charge in [-0.2, -0.15) is 5.10 Å². The van der Waals surface area contributed by atoms with Gasteiger partial charge < -0.3 is 0 Å². The third-order valence-electron chi connectivity index (χ3n) is 3.18. The minimum absolute atomic E-state index is 0.613. The molecule has 0 spiro atoms. The number of rotatable bonds is 5. The van der Waals surface area contributed by atoms with E-state index < -0.39 is 0 Å².